The molecule has 1 fully saturated rings. The van der Waals surface area contributed by atoms with E-state index in [1.54, 1.807) is 29.7 Å². The summed E-state index contributed by atoms with van der Waals surface area (Å²) in [7, 11) is 0. The molecule has 1 aliphatic rings. The summed E-state index contributed by atoms with van der Waals surface area (Å²) in [5, 5.41) is 11.5. The second-order valence-corrected chi connectivity index (χ2v) is 5.36. The number of carbonyl (C=O) groups is 2. The number of nitrogens with one attached hydrogen (secondary N) is 2. The van der Waals surface area contributed by atoms with Gasteiger partial charge in [-0.05, 0) is 36.4 Å². The van der Waals surface area contributed by atoms with Gasteiger partial charge in [0.05, 0.1) is 6.04 Å². The van der Waals surface area contributed by atoms with Crippen molar-refractivity contribution in [2.24, 2.45) is 0 Å². The van der Waals surface area contributed by atoms with E-state index in [-0.39, 0.29) is 11.9 Å². The van der Waals surface area contributed by atoms with Crippen LogP contribution in [0.3, 0.4) is 0 Å². The van der Waals surface area contributed by atoms with Gasteiger partial charge < -0.3 is 10.2 Å². The van der Waals surface area contributed by atoms with Gasteiger partial charge in [0.1, 0.15) is 0 Å². The Kier molecular flexibility index (Phi) is 4.25. The molecule has 6 heteroatoms. The van der Waals surface area contributed by atoms with E-state index < -0.39 is 5.91 Å². The molecule has 3 rings (SSSR count). The fourth-order valence-corrected chi connectivity index (χ4v) is 2.77. The molecule has 0 aliphatic carbocycles. The lowest BCUT2D eigenvalue weighted by atomic mass is 10.1. The number of carbonyl (C=O) groups excluding carboxylic acids is 2. The van der Waals surface area contributed by atoms with Gasteiger partial charge >= 0.3 is 0 Å². The van der Waals surface area contributed by atoms with Crippen molar-refractivity contribution >= 4 is 23.2 Å². The molecule has 1 heterocycles. The van der Waals surface area contributed by atoms with Gasteiger partial charge in [-0.2, -0.15) is 0 Å². The van der Waals surface area contributed by atoms with Crippen molar-refractivity contribution < 1.29 is 14.8 Å². The van der Waals surface area contributed by atoms with Crippen LogP contribution in [0.1, 0.15) is 16.8 Å². The third kappa shape index (κ3) is 3.17. The third-order valence-electron chi connectivity index (χ3n) is 3.86. The molecule has 1 unspecified atom stereocenters. The van der Waals surface area contributed by atoms with E-state index in [1.807, 2.05) is 30.3 Å². The summed E-state index contributed by atoms with van der Waals surface area (Å²) in [4.78, 5) is 25.1. The quantitative estimate of drug-likeness (QED) is 0.594. The van der Waals surface area contributed by atoms with Crippen LogP contribution in [0.4, 0.5) is 11.4 Å². The highest BCUT2D eigenvalue weighted by atomic mass is 16.5. The zero-order chi connectivity index (χ0) is 16.2. The van der Waals surface area contributed by atoms with E-state index in [0.717, 1.165) is 11.4 Å². The largest absolute Gasteiger partial charge is 0.354 e. The van der Waals surface area contributed by atoms with Crippen molar-refractivity contribution in [3.8, 4) is 0 Å². The van der Waals surface area contributed by atoms with E-state index in [9.17, 15) is 9.59 Å². The minimum atomic E-state index is -0.555. The highest BCUT2D eigenvalue weighted by Gasteiger charge is 2.28. The zero-order valence-corrected chi connectivity index (χ0v) is 12.4. The Morgan fingerprint density at radius 2 is 1.74 bits per heavy atom. The van der Waals surface area contributed by atoms with E-state index in [2.05, 4.69) is 10.2 Å². The van der Waals surface area contributed by atoms with E-state index in [1.165, 1.54) is 0 Å². The highest BCUT2D eigenvalue weighted by molar-refractivity contribution is 5.93. The summed E-state index contributed by atoms with van der Waals surface area (Å²) < 4.78 is 0. The predicted molar refractivity (Wildman–Crippen MR) is 85.7 cm³/mol. The highest BCUT2D eigenvalue weighted by Crippen LogP contribution is 2.30. The number of hydrogen-bond acceptors (Lipinski definition) is 4. The first-order chi connectivity index (χ1) is 11.2. The van der Waals surface area contributed by atoms with Crippen LogP contribution in [0.25, 0.3) is 0 Å². The molecule has 0 radical (unpaired) electrons. The van der Waals surface area contributed by atoms with Gasteiger partial charge in [0.15, 0.2) is 0 Å². The van der Waals surface area contributed by atoms with Crippen LogP contribution in [-0.2, 0) is 4.79 Å². The van der Waals surface area contributed by atoms with Gasteiger partial charge in [-0.15, -0.1) is 0 Å². The molecule has 0 bridgehead atoms. The van der Waals surface area contributed by atoms with Crippen LogP contribution in [0, 0.1) is 0 Å². The first kappa shape index (κ1) is 15.1. The van der Waals surface area contributed by atoms with E-state index in [4.69, 9.17) is 5.21 Å². The van der Waals surface area contributed by atoms with Crippen molar-refractivity contribution in [3.63, 3.8) is 0 Å². The Hall–Kier alpha value is -2.86. The number of rotatable bonds is 4. The molecule has 3 N–H and O–H groups in total. The van der Waals surface area contributed by atoms with Crippen molar-refractivity contribution in [2.75, 3.05) is 11.4 Å². The van der Waals surface area contributed by atoms with Crippen LogP contribution in [0.5, 0.6) is 0 Å². The predicted octanol–water partition coefficient (Wildman–Crippen LogP) is 1.83. The first-order valence-electron chi connectivity index (χ1n) is 7.34. The van der Waals surface area contributed by atoms with Crippen LogP contribution in [0.2, 0.25) is 0 Å². The number of benzene rings is 2. The topological polar surface area (TPSA) is 81.7 Å². The van der Waals surface area contributed by atoms with Gasteiger partial charge in [-0.25, -0.2) is 5.48 Å². The van der Waals surface area contributed by atoms with Gasteiger partial charge in [0.2, 0.25) is 5.91 Å². The average Bonchev–Trinajstić information content (AvgIpc) is 3.02. The summed E-state index contributed by atoms with van der Waals surface area (Å²) in [6, 6.07) is 16.7. The maximum atomic E-state index is 11.6. The Morgan fingerprint density at radius 1 is 1.09 bits per heavy atom. The second-order valence-electron chi connectivity index (χ2n) is 5.36. The summed E-state index contributed by atoms with van der Waals surface area (Å²) in [6.07, 6.45) is 0.424. The van der Waals surface area contributed by atoms with Crippen LogP contribution in [0.15, 0.2) is 54.6 Å². The standard InChI is InChI=1S/C17H17N3O3/c21-16-10-15(11-18-16)20(13-4-2-1-3-5-13)14-8-6-12(7-9-14)17(22)19-23/h1-9,15,23H,10-11H2,(H,18,21)(H,19,22). The lowest BCUT2D eigenvalue weighted by Crippen LogP contribution is -2.33. The van der Waals surface area contributed by atoms with Gasteiger partial charge in [0, 0.05) is 29.9 Å². The molecule has 2 aromatic carbocycles. The summed E-state index contributed by atoms with van der Waals surface area (Å²) in [5.74, 6) is -0.521. The van der Waals surface area contributed by atoms with Gasteiger partial charge in [0.25, 0.3) is 5.91 Å². The third-order valence-corrected chi connectivity index (χ3v) is 3.86. The molecule has 1 aliphatic heterocycles. The molecule has 1 saturated heterocycles. The molecule has 0 aromatic heterocycles. The Morgan fingerprint density at radius 3 is 2.30 bits per heavy atom. The molecule has 2 amide bonds. The number of amides is 2. The number of anilines is 2. The monoisotopic (exact) mass is 311 g/mol. The maximum absolute atomic E-state index is 11.6. The van der Waals surface area contributed by atoms with Crippen molar-refractivity contribution in [3.05, 3.63) is 60.2 Å². The number of hydrogen-bond donors (Lipinski definition) is 3. The molecule has 2 aromatic rings. The van der Waals surface area contributed by atoms with Crippen LogP contribution in [-0.4, -0.2) is 29.6 Å². The Bertz CT molecular complexity index is 701. The molecule has 6 nitrogen and oxygen atoms in total. The van der Waals surface area contributed by atoms with Gasteiger partial charge in [-0.1, -0.05) is 18.2 Å². The first-order valence-corrected chi connectivity index (χ1v) is 7.34. The molecular formula is C17H17N3O3. The molecule has 0 spiro atoms. The van der Waals surface area contributed by atoms with Crippen molar-refractivity contribution in [1.29, 1.82) is 0 Å². The molecule has 1 atom stereocenters. The fourth-order valence-electron chi connectivity index (χ4n) is 2.77. The van der Waals surface area contributed by atoms with Crippen molar-refractivity contribution in [2.45, 2.75) is 12.5 Å². The van der Waals surface area contributed by atoms with Crippen LogP contribution >= 0.6 is 0 Å². The lowest BCUT2D eigenvalue weighted by molar-refractivity contribution is -0.119. The Labute approximate surface area is 133 Å². The normalized spacial score (nSPS) is 16.7. The van der Waals surface area contributed by atoms with E-state index >= 15 is 0 Å². The SMILES string of the molecule is O=C1CC(N(c2ccccc2)c2ccc(C(=O)NO)cc2)CN1. The molecule has 23 heavy (non-hydrogen) atoms. The lowest BCUT2D eigenvalue weighted by Gasteiger charge is -2.30. The number of para-hydroxylation sites is 1. The van der Waals surface area contributed by atoms with Crippen LogP contribution < -0.4 is 15.7 Å². The summed E-state index contributed by atoms with van der Waals surface area (Å²) >= 11 is 0. The summed E-state index contributed by atoms with van der Waals surface area (Å²) in [6.45, 7) is 0.576. The minimum absolute atomic E-state index is 0.0161. The number of hydroxylamine groups is 1. The zero-order valence-electron chi connectivity index (χ0n) is 12.4. The minimum Gasteiger partial charge on any atom is -0.354 e. The second kappa shape index (κ2) is 6.50. The summed E-state index contributed by atoms with van der Waals surface area (Å²) in [5.41, 5.74) is 3.84. The average molecular weight is 311 g/mol. The van der Waals surface area contributed by atoms with E-state index in [0.29, 0.717) is 18.5 Å². The smallest absolute Gasteiger partial charge is 0.274 e. The van der Waals surface area contributed by atoms with Crippen molar-refractivity contribution in [1.82, 2.24) is 10.8 Å². The number of nitrogens with zero attached hydrogens (tertiary/aromatic N) is 1. The fraction of sp³-hybridized carbons (Fsp3) is 0.176. The Balaban J connectivity index is 1.95. The molecular weight excluding hydrogens is 294 g/mol. The molecule has 0 saturated carbocycles. The van der Waals surface area contributed by atoms with Gasteiger partial charge in [-0.3, -0.25) is 14.8 Å². The molecule has 118 valence electrons. The maximum Gasteiger partial charge on any atom is 0.274 e.